The van der Waals surface area contributed by atoms with E-state index in [9.17, 15) is 4.79 Å². The van der Waals surface area contributed by atoms with Crippen molar-refractivity contribution in [2.24, 2.45) is 0 Å². The second-order valence-electron chi connectivity index (χ2n) is 7.02. The number of fused-ring (bicyclic) bond motifs is 1. The van der Waals surface area contributed by atoms with Crippen LogP contribution in [-0.2, 0) is 6.42 Å². The van der Waals surface area contributed by atoms with E-state index in [4.69, 9.17) is 0 Å². The lowest BCUT2D eigenvalue weighted by atomic mass is 10.1. The Bertz CT molecular complexity index is 867. The normalized spacial score (nSPS) is 15.9. The Balaban J connectivity index is 1.27. The molecule has 0 bridgehead atoms. The predicted molar refractivity (Wildman–Crippen MR) is 111 cm³/mol. The van der Waals surface area contributed by atoms with Crippen LogP contribution < -0.4 is 10.6 Å². The molecule has 1 aliphatic heterocycles. The Hall–Kier alpha value is -2.31. The van der Waals surface area contributed by atoms with Crippen LogP contribution >= 0.6 is 11.3 Å². The van der Waals surface area contributed by atoms with Gasteiger partial charge in [-0.15, -0.1) is 11.3 Å². The number of carbonyl (C=O) groups is 1. The summed E-state index contributed by atoms with van der Waals surface area (Å²) in [6.45, 7) is 3.51. The number of aromatic amines is 1. The van der Waals surface area contributed by atoms with E-state index in [-0.39, 0.29) is 12.1 Å². The number of hydrogen-bond acceptors (Lipinski definition) is 3. The summed E-state index contributed by atoms with van der Waals surface area (Å²) in [5.74, 6) is 0. The zero-order chi connectivity index (χ0) is 18.5. The minimum absolute atomic E-state index is 0.0874. The molecule has 1 fully saturated rings. The molecule has 2 amide bonds. The van der Waals surface area contributed by atoms with Crippen molar-refractivity contribution < 1.29 is 4.79 Å². The first-order valence-corrected chi connectivity index (χ1v) is 10.5. The Morgan fingerprint density at radius 3 is 2.81 bits per heavy atom. The molecule has 5 nitrogen and oxygen atoms in total. The van der Waals surface area contributed by atoms with Crippen LogP contribution in [0.2, 0.25) is 0 Å². The number of urea groups is 1. The van der Waals surface area contributed by atoms with Crippen molar-refractivity contribution in [1.82, 2.24) is 20.5 Å². The first-order chi connectivity index (χ1) is 13.3. The van der Waals surface area contributed by atoms with Crippen molar-refractivity contribution in [2.75, 3.05) is 26.2 Å². The van der Waals surface area contributed by atoms with Crippen molar-refractivity contribution >= 4 is 28.3 Å². The minimum atomic E-state index is -0.0874. The van der Waals surface area contributed by atoms with Gasteiger partial charge >= 0.3 is 6.03 Å². The summed E-state index contributed by atoms with van der Waals surface area (Å²) >= 11 is 1.77. The first-order valence-electron chi connectivity index (χ1n) is 9.65. The molecule has 1 saturated heterocycles. The zero-order valence-electron chi connectivity index (χ0n) is 15.4. The van der Waals surface area contributed by atoms with E-state index >= 15 is 0 Å². The highest BCUT2D eigenvalue weighted by molar-refractivity contribution is 7.10. The molecule has 0 radical (unpaired) electrons. The van der Waals surface area contributed by atoms with Crippen LogP contribution in [0.15, 0.2) is 48.0 Å². The second kappa shape index (κ2) is 8.59. The average Bonchev–Trinajstić information content (AvgIpc) is 3.45. The van der Waals surface area contributed by atoms with Gasteiger partial charge in [0.2, 0.25) is 0 Å². The van der Waals surface area contributed by atoms with Gasteiger partial charge in [0, 0.05) is 35.1 Å². The monoisotopic (exact) mass is 382 g/mol. The van der Waals surface area contributed by atoms with Gasteiger partial charge in [-0.3, -0.25) is 4.90 Å². The SMILES string of the molecule is O=C(NCCc1c[nH]c2ccccc12)NCC(c1cccs1)N1CCCC1. The summed E-state index contributed by atoms with van der Waals surface area (Å²) in [6, 6.07) is 12.7. The quantitative estimate of drug-likeness (QED) is 0.580. The fourth-order valence-corrected chi connectivity index (χ4v) is 4.71. The van der Waals surface area contributed by atoms with Crippen LogP contribution in [0, 0.1) is 0 Å². The second-order valence-corrected chi connectivity index (χ2v) is 8.00. The molecule has 142 valence electrons. The lowest BCUT2D eigenvalue weighted by Crippen LogP contribution is -2.41. The third-order valence-corrected chi connectivity index (χ3v) is 6.24. The van der Waals surface area contributed by atoms with Crippen LogP contribution in [0.5, 0.6) is 0 Å². The molecule has 3 heterocycles. The number of aromatic nitrogens is 1. The van der Waals surface area contributed by atoms with E-state index in [0.29, 0.717) is 13.1 Å². The van der Waals surface area contributed by atoms with E-state index < -0.39 is 0 Å². The highest BCUT2D eigenvalue weighted by Crippen LogP contribution is 2.27. The van der Waals surface area contributed by atoms with Crippen molar-refractivity contribution in [1.29, 1.82) is 0 Å². The summed E-state index contributed by atoms with van der Waals surface area (Å²) in [4.78, 5) is 19.4. The van der Waals surface area contributed by atoms with Gasteiger partial charge in [-0.1, -0.05) is 24.3 Å². The zero-order valence-corrected chi connectivity index (χ0v) is 16.2. The van der Waals surface area contributed by atoms with E-state index in [1.807, 2.05) is 18.3 Å². The van der Waals surface area contributed by atoms with Crippen molar-refractivity contribution in [3.05, 3.63) is 58.4 Å². The summed E-state index contributed by atoms with van der Waals surface area (Å²) in [7, 11) is 0. The summed E-state index contributed by atoms with van der Waals surface area (Å²) in [5.41, 5.74) is 2.38. The molecule has 1 aliphatic rings. The van der Waals surface area contributed by atoms with Gasteiger partial charge in [0.1, 0.15) is 0 Å². The van der Waals surface area contributed by atoms with Gasteiger partial charge in [0.05, 0.1) is 6.04 Å². The molecule has 3 N–H and O–H groups in total. The smallest absolute Gasteiger partial charge is 0.314 e. The molecule has 1 unspecified atom stereocenters. The van der Waals surface area contributed by atoms with Gasteiger partial charge < -0.3 is 15.6 Å². The Morgan fingerprint density at radius 1 is 1.15 bits per heavy atom. The molecule has 1 aromatic carbocycles. The average molecular weight is 383 g/mol. The van der Waals surface area contributed by atoms with Crippen molar-refractivity contribution in [3.8, 4) is 0 Å². The van der Waals surface area contributed by atoms with Crippen LogP contribution in [0.25, 0.3) is 10.9 Å². The van der Waals surface area contributed by atoms with E-state index in [2.05, 4.69) is 50.2 Å². The topological polar surface area (TPSA) is 60.2 Å². The number of para-hydroxylation sites is 1. The molecule has 1 atom stereocenters. The predicted octanol–water partition coefficient (Wildman–Crippen LogP) is 3.91. The largest absolute Gasteiger partial charge is 0.361 e. The summed E-state index contributed by atoms with van der Waals surface area (Å²) < 4.78 is 0. The minimum Gasteiger partial charge on any atom is -0.361 e. The van der Waals surface area contributed by atoms with E-state index in [0.717, 1.165) is 25.0 Å². The lowest BCUT2D eigenvalue weighted by Gasteiger charge is -2.26. The molecule has 3 aromatic rings. The summed E-state index contributed by atoms with van der Waals surface area (Å²) in [6.07, 6.45) is 5.35. The molecule has 0 spiro atoms. The van der Waals surface area contributed by atoms with Crippen molar-refractivity contribution in [2.45, 2.75) is 25.3 Å². The number of H-pyrrole nitrogens is 1. The number of carbonyl (C=O) groups excluding carboxylic acids is 1. The van der Waals surface area contributed by atoms with Gasteiger partial charge in [-0.25, -0.2) is 4.79 Å². The van der Waals surface area contributed by atoms with E-state index in [1.165, 1.54) is 28.7 Å². The maximum Gasteiger partial charge on any atom is 0.314 e. The molecular weight excluding hydrogens is 356 g/mol. The molecular formula is C21H26N4OS. The Labute approximate surface area is 163 Å². The molecule has 27 heavy (non-hydrogen) atoms. The van der Waals surface area contributed by atoms with Gasteiger partial charge in [-0.2, -0.15) is 0 Å². The lowest BCUT2D eigenvalue weighted by molar-refractivity contribution is 0.222. The molecule has 0 saturated carbocycles. The van der Waals surface area contributed by atoms with Crippen molar-refractivity contribution in [3.63, 3.8) is 0 Å². The third kappa shape index (κ3) is 4.34. The summed E-state index contributed by atoms with van der Waals surface area (Å²) in [5, 5.41) is 9.41. The van der Waals surface area contributed by atoms with Gasteiger partial charge in [-0.05, 0) is 55.4 Å². The molecule has 6 heteroatoms. The molecule has 0 aliphatic carbocycles. The number of nitrogens with one attached hydrogen (secondary N) is 3. The van der Waals surface area contributed by atoms with E-state index in [1.54, 1.807) is 11.3 Å². The molecule has 4 rings (SSSR count). The van der Waals surface area contributed by atoms with Crippen LogP contribution in [0.1, 0.15) is 29.3 Å². The molecule has 2 aromatic heterocycles. The number of hydrogen-bond donors (Lipinski definition) is 3. The first kappa shape index (κ1) is 18.1. The fraction of sp³-hybridized carbons (Fsp3) is 0.381. The van der Waals surface area contributed by atoms with Crippen LogP contribution in [-0.4, -0.2) is 42.1 Å². The standard InChI is InChI=1S/C21H26N4OS/c26-21(22-10-9-16-14-23-18-7-2-1-6-17(16)18)24-15-19(20-8-5-13-27-20)25-11-3-4-12-25/h1-2,5-8,13-14,19,23H,3-4,9-12,15H2,(H2,22,24,26). The number of amides is 2. The maximum atomic E-state index is 12.3. The van der Waals surface area contributed by atoms with Crippen LogP contribution in [0.3, 0.4) is 0 Å². The highest BCUT2D eigenvalue weighted by atomic mass is 32.1. The van der Waals surface area contributed by atoms with Gasteiger partial charge in [0.15, 0.2) is 0 Å². The number of likely N-dealkylation sites (tertiary alicyclic amines) is 1. The van der Waals surface area contributed by atoms with Gasteiger partial charge in [0.25, 0.3) is 0 Å². The number of rotatable bonds is 7. The number of thiophene rings is 1. The Kier molecular flexibility index (Phi) is 5.75. The number of nitrogens with zero attached hydrogens (tertiary/aromatic N) is 1. The fourth-order valence-electron chi connectivity index (χ4n) is 3.84. The highest BCUT2D eigenvalue weighted by Gasteiger charge is 2.24. The number of benzene rings is 1. The van der Waals surface area contributed by atoms with Crippen LogP contribution in [0.4, 0.5) is 4.79 Å². The maximum absolute atomic E-state index is 12.3. The third-order valence-electron chi connectivity index (χ3n) is 5.26. The Morgan fingerprint density at radius 2 is 2.00 bits per heavy atom.